The zero-order valence-corrected chi connectivity index (χ0v) is 16.2. The number of aryl methyl sites for hydroxylation is 1. The smallest absolute Gasteiger partial charge is 0.305 e. The van der Waals surface area contributed by atoms with Crippen molar-refractivity contribution in [2.75, 3.05) is 6.67 Å². The Labute approximate surface area is 167 Å². The fraction of sp³-hybridized carbons (Fsp3) is 0.550. The number of fused-ring (bicyclic) bond motifs is 1. The predicted octanol–water partition coefficient (Wildman–Crippen LogP) is 1.73. The molecule has 1 aromatic rings. The minimum absolute atomic E-state index is 0.141. The summed E-state index contributed by atoms with van der Waals surface area (Å²) in [5, 5.41) is 15.4. The standard InChI is InChI=1S/C20H24FN3O5/c1-2-20(19(28)23-14(9-17(26)27)16(25)11-21)10-15(24-29-20)18-13-6-4-3-5-12(13)7-8-22-18/h7-8,14H,2-6,9-11H2,1H3,(H,23,28)(H,26,27). The number of ketones is 1. The molecule has 0 radical (unpaired) electrons. The van der Waals surface area contributed by atoms with Gasteiger partial charge >= 0.3 is 5.97 Å². The molecule has 1 aromatic heterocycles. The number of alkyl halides is 1. The van der Waals surface area contributed by atoms with Crippen LogP contribution in [0.2, 0.25) is 0 Å². The van der Waals surface area contributed by atoms with Crippen LogP contribution in [0.1, 0.15) is 55.8 Å². The van der Waals surface area contributed by atoms with Crippen LogP contribution in [0.5, 0.6) is 0 Å². The Morgan fingerprint density at radius 1 is 1.34 bits per heavy atom. The molecule has 0 fully saturated rings. The third-order valence-electron chi connectivity index (χ3n) is 5.52. The lowest BCUT2D eigenvalue weighted by atomic mass is 9.86. The molecule has 2 heterocycles. The van der Waals surface area contributed by atoms with Gasteiger partial charge in [0.2, 0.25) is 5.60 Å². The van der Waals surface area contributed by atoms with Crippen LogP contribution in [-0.2, 0) is 32.1 Å². The maximum atomic E-state index is 12.9. The van der Waals surface area contributed by atoms with Gasteiger partial charge in [-0.2, -0.15) is 0 Å². The molecule has 1 aliphatic carbocycles. The molecule has 0 spiro atoms. The molecular formula is C20H24FN3O5. The second-order valence-electron chi connectivity index (χ2n) is 7.38. The van der Waals surface area contributed by atoms with Crippen molar-refractivity contribution >= 4 is 23.4 Å². The predicted molar refractivity (Wildman–Crippen MR) is 101 cm³/mol. The molecule has 1 amide bonds. The van der Waals surface area contributed by atoms with Crippen LogP contribution >= 0.6 is 0 Å². The summed E-state index contributed by atoms with van der Waals surface area (Å²) in [5.41, 5.74) is 2.21. The average molecular weight is 405 g/mol. The van der Waals surface area contributed by atoms with Gasteiger partial charge in [-0.15, -0.1) is 0 Å². The van der Waals surface area contributed by atoms with Crippen molar-refractivity contribution in [3.05, 3.63) is 29.1 Å². The fourth-order valence-electron chi connectivity index (χ4n) is 3.79. The fourth-order valence-corrected chi connectivity index (χ4v) is 3.79. The van der Waals surface area contributed by atoms with Crippen molar-refractivity contribution in [1.82, 2.24) is 10.3 Å². The highest BCUT2D eigenvalue weighted by atomic mass is 19.1. The van der Waals surface area contributed by atoms with Gasteiger partial charge < -0.3 is 15.3 Å². The molecule has 0 bridgehead atoms. The molecule has 1 aliphatic heterocycles. The van der Waals surface area contributed by atoms with Crippen LogP contribution in [0, 0.1) is 0 Å². The molecule has 29 heavy (non-hydrogen) atoms. The van der Waals surface area contributed by atoms with Crippen molar-refractivity contribution in [2.45, 2.75) is 63.5 Å². The molecule has 9 heteroatoms. The first-order valence-corrected chi connectivity index (χ1v) is 9.73. The number of hydrogen-bond acceptors (Lipinski definition) is 6. The molecule has 8 nitrogen and oxygen atoms in total. The minimum Gasteiger partial charge on any atom is -0.481 e. The van der Waals surface area contributed by atoms with Crippen LogP contribution in [0.4, 0.5) is 4.39 Å². The summed E-state index contributed by atoms with van der Waals surface area (Å²) in [6.07, 6.45) is 5.43. The number of aromatic nitrogens is 1. The summed E-state index contributed by atoms with van der Waals surface area (Å²) in [7, 11) is 0. The van der Waals surface area contributed by atoms with E-state index in [1.54, 1.807) is 13.1 Å². The van der Waals surface area contributed by atoms with E-state index < -0.39 is 42.4 Å². The molecule has 2 N–H and O–H groups in total. The van der Waals surface area contributed by atoms with Crippen molar-refractivity contribution in [2.24, 2.45) is 5.16 Å². The highest BCUT2D eigenvalue weighted by Gasteiger charge is 2.47. The molecule has 3 rings (SSSR count). The number of nitrogens with one attached hydrogen (secondary N) is 1. The molecule has 2 unspecified atom stereocenters. The van der Waals surface area contributed by atoms with Gasteiger partial charge in [-0.3, -0.25) is 19.4 Å². The number of carboxylic acid groups (broad SMARTS) is 1. The van der Waals surface area contributed by atoms with Gasteiger partial charge in [0.25, 0.3) is 5.91 Å². The molecule has 0 saturated heterocycles. The number of aliphatic carboxylic acids is 1. The molecule has 2 atom stereocenters. The normalized spacial score (nSPS) is 21.5. The van der Waals surface area contributed by atoms with Crippen molar-refractivity contribution < 1.29 is 28.7 Å². The summed E-state index contributed by atoms with van der Waals surface area (Å²) in [5.74, 6) is -2.99. The van der Waals surface area contributed by atoms with Crippen LogP contribution < -0.4 is 5.32 Å². The largest absolute Gasteiger partial charge is 0.481 e. The van der Waals surface area contributed by atoms with Crippen molar-refractivity contribution in [3.63, 3.8) is 0 Å². The maximum absolute atomic E-state index is 12.9. The van der Waals surface area contributed by atoms with E-state index in [2.05, 4.69) is 15.5 Å². The Morgan fingerprint density at radius 3 is 2.79 bits per heavy atom. The van der Waals surface area contributed by atoms with E-state index in [9.17, 15) is 18.8 Å². The molecule has 0 aromatic carbocycles. The Balaban J connectivity index is 1.79. The second-order valence-corrected chi connectivity index (χ2v) is 7.38. The van der Waals surface area contributed by atoms with Crippen LogP contribution in [0.25, 0.3) is 0 Å². The number of halogens is 1. The SMILES string of the molecule is CCC1(C(=O)NC(CC(=O)O)C(=O)CF)CC(c2nccc3c2CCCC3)=NO1. The zero-order chi connectivity index (χ0) is 21.0. The summed E-state index contributed by atoms with van der Waals surface area (Å²) in [4.78, 5) is 45.5. The molecule has 0 saturated carbocycles. The van der Waals surface area contributed by atoms with Crippen molar-refractivity contribution in [3.8, 4) is 0 Å². The van der Waals surface area contributed by atoms with Gasteiger partial charge in [-0.05, 0) is 49.3 Å². The number of carbonyl (C=O) groups is 3. The van der Waals surface area contributed by atoms with Gasteiger partial charge in [-0.25, -0.2) is 4.39 Å². The average Bonchev–Trinajstić information content (AvgIpc) is 3.17. The van der Waals surface area contributed by atoms with Gasteiger partial charge in [-0.1, -0.05) is 12.1 Å². The lowest BCUT2D eigenvalue weighted by molar-refractivity contribution is -0.148. The lowest BCUT2D eigenvalue weighted by Gasteiger charge is -2.26. The first-order valence-electron chi connectivity index (χ1n) is 9.73. The van der Waals surface area contributed by atoms with Crippen LogP contribution in [0.3, 0.4) is 0 Å². The van der Waals surface area contributed by atoms with Gasteiger partial charge in [0.15, 0.2) is 5.78 Å². The van der Waals surface area contributed by atoms with E-state index in [1.807, 2.05) is 6.07 Å². The Bertz CT molecular complexity index is 857. The van der Waals surface area contributed by atoms with E-state index in [0.717, 1.165) is 31.2 Å². The number of rotatable bonds is 8. The van der Waals surface area contributed by atoms with E-state index in [4.69, 9.17) is 9.94 Å². The van der Waals surface area contributed by atoms with E-state index in [0.29, 0.717) is 11.4 Å². The number of oxime groups is 1. The van der Waals surface area contributed by atoms with Crippen molar-refractivity contribution in [1.29, 1.82) is 0 Å². The van der Waals surface area contributed by atoms with E-state index >= 15 is 0 Å². The quantitative estimate of drug-likeness (QED) is 0.680. The minimum atomic E-state index is -1.45. The third-order valence-corrected chi connectivity index (χ3v) is 5.52. The Morgan fingerprint density at radius 2 is 2.10 bits per heavy atom. The number of hydrogen-bond donors (Lipinski definition) is 2. The highest BCUT2D eigenvalue weighted by Crippen LogP contribution is 2.33. The number of Topliss-reactive ketones (excluding diaryl/α,β-unsaturated/α-hetero) is 1. The topological polar surface area (TPSA) is 118 Å². The van der Waals surface area contributed by atoms with Gasteiger partial charge in [0, 0.05) is 12.6 Å². The monoisotopic (exact) mass is 405 g/mol. The third kappa shape index (κ3) is 4.28. The van der Waals surface area contributed by atoms with Crippen LogP contribution in [0.15, 0.2) is 17.4 Å². The number of pyridine rings is 1. The molecule has 156 valence electrons. The molecule has 2 aliphatic rings. The number of amides is 1. The zero-order valence-electron chi connectivity index (χ0n) is 16.2. The van der Waals surface area contributed by atoms with Gasteiger partial charge in [0.1, 0.15) is 18.4 Å². The van der Waals surface area contributed by atoms with E-state index in [-0.39, 0.29) is 12.8 Å². The Kier molecular flexibility index (Phi) is 6.24. The summed E-state index contributed by atoms with van der Waals surface area (Å²) < 4.78 is 12.8. The van der Waals surface area contributed by atoms with Crippen LogP contribution in [-0.4, -0.2) is 51.8 Å². The lowest BCUT2D eigenvalue weighted by Crippen LogP contribution is -2.53. The summed E-state index contributed by atoms with van der Waals surface area (Å²) >= 11 is 0. The number of carbonyl (C=O) groups excluding carboxylic acids is 2. The first-order chi connectivity index (χ1) is 13.9. The van der Waals surface area contributed by atoms with Gasteiger partial charge in [0.05, 0.1) is 12.1 Å². The first kappa shape index (κ1) is 20.9. The maximum Gasteiger partial charge on any atom is 0.305 e. The number of carboxylic acids is 1. The summed E-state index contributed by atoms with van der Waals surface area (Å²) in [6.45, 7) is 0.370. The highest BCUT2D eigenvalue weighted by molar-refractivity contribution is 6.06. The molecular weight excluding hydrogens is 381 g/mol. The second kappa shape index (κ2) is 8.67. The summed E-state index contributed by atoms with van der Waals surface area (Å²) in [6, 6.07) is 0.538. The van der Waals surface area contributed by atoms with E-state index in [1.165, 1.54) is 5.56 Å². The Hall–Kier alpha value is -2.84. The number of nitrogens with zero attached hydrogens (tertiary/aromatic N) is 2.